The molecule has 2 aliphatic carbocycles. The van der Waals surface area contributed by atoms with E-state index < -0.39 is 0 Å². The molecule has 2 aliphatic rings. The van der Waals surface area contributed by atoms with Crippen LogP contribution in [0.15, 0.2) is 23.8 Å². The fourth-order valence-corrected chi connectivity index (χ4v) is 5.58. The van der Waals surface area contributed by atoms with E-state index in [1.54, 1.807) is 18.2 Å². The molecule has 2 nitrogen and oxygen atoms in total. The number of hydrogen-bond donors (Lipinski definition) is 1. The van der Waals surface area contributed by atoms with E-state index in [-0.39, 0.29) is 5.91 Å². The third-order valence-electron chi connectivity index (χ3n) is 7.11. The maximum Gasteiger partial charge on any atom is 0.220 e. The number of carbonyl (C=O) groups is 1. The predicted octanol–water partition coefficient (Wildman–Crippen LogP) is 8.56. The average molecular weight is 456 g/mol. The van der Waals surface area contributed by atoms with Crippen molar-refractivity contribution in [2.45, 2.75) is 126 Å². The van der Waals surface area contributed by atoms with Gasteiger partial charge in [0, 0.05) is 19.4 Å². The van der Waals surface area contributed by atoms with Gasteiger partial charge in [-0.1, -0.05) is 91.5 Å². The molecule has 188 valence electrons. The van der Waals surface area contributed by atoms with E-state index in [9.17, 15) is 4.79 Å². The topological polar surface area (TPSA) is 29.1 Å². The van der Waals surface area contributed by atoms with E-state index in [1.165, 1.54) is 61.6 Å². The zero-order chi connectivity index (χ0) is 25.0. The Labute approximate surface area is 206 Å². The van der Waals surface area contributed by atoms with Crippen molar-refractivity contribution in [3.05, 3.63) is 46.0 Å². The highest BCUT2D eigenvalue weighted by molar-refractivity contribution is 5.75. The number of rotatable bonds is 7. The van der Waals surface area contributed by atoms with Crippen molar-refractivity contribution in [1.29, 1.82) is 0 Å². The molecule has 1 aromatic rings. The Balaban J connectivity index is 0.00000101. The molecule has 0 heterocycles. The Kier molecular flexibility index (Phi) is 13.1. The molecule has 0 saturated carbocycles. The van der Waals surface area contributed by atoms with Crippen LogP contribution in [-0.4, -0.2) is 13.0 Å². The first-order chi connectivity index (χ1) is 15.8. The van der Waals surface area contributed by atoms with Crippen molar-refractivity contribution in [2.24, 2.45) is 11.3 Å². The maximum atomic E-state index is 12.0. The lowest BCUT2D eigenvalue weighted by Gasteiger charge is -2.47. The molecule has 3 rings (SSSR count). The van der Waals surface area contributed by atoms with Gasteiger partial charge in [-0.25, -0.2) is 0 Å². The molecular formula is C31H53NO. The molecule has 0 saturated heterocycles. The highest BCUT2D eigenvalue weighted by atomic mass is 16.1. The fourth-order valence-electron chi connectivity index (χ4n) is 5.58. The van der Waals surface area contributed by atoms with E-state index in [4.69, 9.17) is 0 Å². The van der Waals surface area contributed by atoms with Gasteiger partial charge in [0.05, 0.1) is 0 Å². The first-order valence-corrected chi connectivity index (χ1v) is 13.8. The SMILES string of the molecule is CC.CCC.CCCCCc1cc(CCC(=O)NC)c2c(c1)CC(C)(C)C1CCC(C)=C[C@@H]21. The summed E-state index contributed by atoms with van der Waals surface area (Å²) in [5, 5.41) is 2.80. The minimum Gasteiger partial charge on any atom is -0.359 e. The van der Waals surface area contributed by atoms with Gasteiger partial charge in [-0.05, 0) is 79.0 Å². The second-order valence-electron chi connectivity index (χ2n) is 10.5. The zero-order valence-corrected chi connectivity index (χ0v) is 23.4. The van der Waals surface area contributed by atoms with E-state index in [2.05, 4.69) is 65.1 Å². The number of hydrogen-bond acceptors (Lipinski definition) is 1. The van der Waals surface area contributed by atoms with E-state index >= 15 is 0 Å². The second kappa shape index (κ2) is 14.6. The van der Waals surface area contributed by atoms with Crippen LogP contribution in [0, 0.1) is 11.3 Å². The van der Waals surface area contributed by atoms with Crippen molar-refractivity contribution >= 4 is 5.91 Å². The standard InChI is InChI=1S/C26H39NO.C3H8.C2H6/c1-6-7-8-9-19-15-20(11-13-24(28)27-5)25-21(16-19)17-26(3,4)23-12-10-18(2)14-22(23)25;1-3-2;1-2/h14-16,22-23H,6-13,17H2,1-5H3,(H,27,28);3H2,1-2H3;1-2H3/t22-,23?;;/m1../s1. The van der Waals surface area contributed by atoms with Crippen molar-refractivity contribution in [3.63, 3.8) is 0 Å². The average Bonchev–Trinajstić information content (AvgIpc) is 2.78. The molecule has 0 radical (unpaired) electrons. The maximum absolute atomic E-state index is 12.0. The molecule has 0 aromatic heterocycles. The van der Waals surface area contributed by atoms with Gasteiger partial charge < -0.3 is 5.32 Å². The molecule has 0 spiro atoms. The Hall–Kier alpha value is -1.57. The summed E-state index contributed by atoms with van der Waals surface area (Å²) in [6.07, 6.45) is 13.9. The van der Waals surface area contributed by atoms with Crippen LogP contribution in [-0.2, 0) is 24.1 Å². The van der Waals surface area contributed by atoms with Gasteiger partial charge in [-0.2, -0.15) is 0 Å². The Bertz CT molecular complexity index is 758. The van der Waals surface area contributed by atoms with Crippen molar-refractivity contribution in [1.82, 2.24) is 5.32 Å². The van der Waals surface area contributed by atoms with Gasteiger partial charge in [0.2, 0.25) is 5.91 Å². The second-order valence-corrected chi connectivity index (χ2v) is 10.5. The summed E-state index contributed by atoms with van der Waals surface area (Å²) >= 11 is 0. The molecule has 33 heavy (non-hydrogen) atoms. The highest BCUT2D eigenvalue weighted by Crippen LogP contribution is 2.53. The van der Waals surface area contributed by atoms with Gasteiger partial charge in [0.15, 0.2) is 0 Å². The van der Waals surface area contributed by atoms with Crippen LogP contribution < -0.4 is 5.32 Å². The number of benzene rings is 1. The minimum absolute atomic E-state index is 0.146. The van der Waals surface area contributed by atoms with Gasteiger partial charge in [-0.15, -0.1) is 0 Å². The molecule has 1 unspecified atom stereocenters. The van der Waals surface area contributed by atoms with E-state index in [1.807, 2.05) is 13.8 Å². The summed E-state index contributed by atoms with van der Waals surface area (Å²) in [7, 11) is 1.74. The van der Waals surface area contributed by atoms with Crippen LogP contribution in [0.4, 0.5) is 0 Å². The van der Waals surface area contributed by atoms with Crippen LogP contribution in [0.2, 0.25) is 0 Å². The number of unbranched alkanes of at least 4 members (excludes halogenated alkanes) is 2. The van der Waals surface area contributed by atoms with Gasteiger partial charge in [0.25, 0.3) is 0 Å². The number of fused-ring (bicyclic) bond motifs is 3. The third-order valence-corrected chi connectivity index (χ3v) is 7.11. The predicted molar refractivity (Wildman–Crippen MR) is 146 cm³/mol. The lowest BCUT2D eigenvalue weighted by atomic mass is 9.57. The molecular weight excluding hydrogens is 402 g/mol. The molecule has 1 N–H and O–H groups in total. The van der Waals surface area contributed by atoms with Crippen molar-refractivity contribution in [3.8, 4) is 0 Å². The molecule has 2 heteroatoms. The number of carbonyl (C=O) groups excluding carboxylic acids is 1. The van der Waals surface area contributed by atoms with Crippen LogP contribution in [0.25, 0.3) is 0 Å². The third kappa shape index (κ3) is 8.30. The Morgan fingerprint density at radius 2 is 1.76 bits per heavy atom. The van der Waals surface area contributed by atoms with Crippen LogP contribution in [0.1, 0.15) is 129 Å². The molecule has 2 atom stereocenters. The Morgan fingerprint density at radius 1 is 1.09 bits per heavy atom. The first kappa shape index (κ1) is 29.5. The molecule has 0 bridgehead atoms. The Morgan fingerprint density at radius 3 is 2.36 bits per heavy atom. The number of allylic oxidation sites excluding steroid dienone is 2. The fraction of sp³-hybridized carbons (Fsp3) is 0.710. The summed E-state index contributed by atoms with van der Waals surface area (Å²) < 4.78 is 0. The van der Waals surface area contributed by atoms with Crippen molar-refractivity contribution in [2.75, 3.05) is 7.05 Å². The van der Waals surface area contributed by atoms with Crippen molar-refractivity contribution < 1.29 is 4.79 Å². The lowest BCUT2D eigenvalue weighted by Crippen LogP contribution is -2.38. The lowest BCUT2D eigenvalue weighted by molar-refractivity contribution is -0.120. The summed E-state index contributed by atoms with van der Waals surface area (Å²) in [6, 6.07) is 4.94. The normalized spacial score (nSPS) is 20.1. The van der Waals surface area contributed by atoms with E-state index in [0.717, 1.165) is 12.8 Å². The number of nitrogens with one attached hydrogen (secondary N) is 1. The quantitative estimate of drug-likeness (QED) is 0.324. The smallest absolute Gasteiger partial charge is 0.220 e. The highest BCUT2D eigenvalue weighted by Gasteiger charge is 2.43. The summed E-state index contributed by atoms with van der Waals surface area (Å²) in [4.78, 5) is 12.0. The molecule has 0 aliphatic heterocycles. The van der Waals surface area contributed by atoms with E-state index in [0.29, 0.717) is 23.7 Å². The van der Waals surface area contributed by atoms with Crippen LogP contribution in [0.3, 0.4) is 0 Å². The molecule has 1 amide bonds. The first-order valence-electron chi connectivity index (χ1n) is 13.8. The zero-order valence-electron chi connectivity index (χ0n) is 23.4. The van der Waals surface area contributed by atoms with Crippen LogP contribution >= 0.6 is 0 Å². The summed E-state index contributed by atoms with van der Waals surface area (Å²) in [5.74, 6) is 1.39. The monoisotopic (exact) mass is 455 g/mol. The minimum atomic E-state index is 0.146. The largest absolute Gasteiger partial charge is 0.359 e. The number of aryl methyl sites for hydroxylation is 2. The van der Waals surface area contributed by atoms with Gasteiger partial charge in [-0.3, -0.25) is 4.79 Å². The molecule has 0 fully saturated rings. The van der Waals surface area contributed by atoms with Crippen LogP contribution in [0.5, 0.6) is 0 Å². The molecule has 1 aromatic carbocycles. The summed E-state index contributed by atoms with van der Waals surface area (Å²) in [6.45, 7) is 17.7. The number of amides is 1. The summed E-state index contributed by atoms with van der Waals surface area (Å²) in [5.41, 5.74) is 7.90. The van der Waals surface area contributed by atoms with Gasteiger partial charge >= 0.3 is 0 Å². The van der Waals surface area contributed by atoms with Gasteiger partial charge in [0.1, 0.15) is 0 Å².